The molecule has 0 aromatic heterocycles. The van der Waals surface area contributed by atoms with Crippen molar-refractivity contribution in [2.75, 3.05) is 6.54 Å². The second kappa shape index (κ2) is 6.37. The highest BCUT2D eigenvalue weighted by atomic mass is 16.4. The van der Waals surface area contributed by atoms with Crippen molar-refractivity contribution >= 4 is 11.9 Å². The molecule has 3 fully saturated rings. The van der Waals surface area contributed by atoms with Gasteiger partial charge in [0.15, 0.2) is 0 Å². The Bertz CT molecular complexity index is 399. The number of carboxylic acids is 1. The summed E-state index contributed by atoms with van der Waals surface area (Å²) in [5, 5.41) is 9.11. The molecule has 3 aliphatic rings. The van der Waals surface area contributed by atoms with Gasteiger partial charge in [0.1, 0.15) is 0 Å². The summed E-state index contributed by atoms with van der Waals surface area (Å²) in [4.78, 5) is 26.0. The number of hydrogen-bond donors (Lipinski definition) is 1. The lowest BCUT2D eigenvalue weighted by Gasteiger charge is -2.31. The Kier molecular flexibility index (Phi) is 4.51. The molecule has 2 atom stereocenters. The second-order valence-electron chi connectivity index (χ2n) is 7.27. The monoisotopic (exact) mass is 293 g/mol. The first-order valence-electron chi connectivity index (χ1n) is 8.68. The summed E-state index contributed by atoms with van der Waals surface area (Å²) in [7, 11) is 0. The van der Waals surface area contributed by atoms with Crippen LogP contribution in [-0.2, 0) is 9.59 Å². The zero-order chi connectivity index (χ0) is 14.8. The molecule has 1 N–H and O–H groups in total. The third-order valence-electron chi connectivity index (χ3n) is 5.58. The lowest BCUT2D eigenvalue weighted by molar-refractivity contribution is -0.141. The van der Waals surface area contributed by atoms with Crippen molar-refractivity contribution in [3.8, 4) is 0 Å². The number of aliphatic carboxylic acids is 1. The van der Waals surface area contributed by atoms with Gasteiger partial charge in [0.25, 0.3) is 0 Å². The van der Waals surface area contributed by atoms with Crippen molar-refractivity contribution in [2.45, 2.75) is 70.3 Å². The molecule has 0 bridgehead atoms. The summed E-state index contributed by atoms with van der Waals surface area (Å²) in [6.07, 6.45) is 10.8. The Balaban J connectivity index is 1.58. The third kappa shape index (κ3) is 3.58. The zero-order valence-electron chi connectivity index (χ0n) is 12.8. The van der Waals surface area contributed by atoms with Gasteiger partial charge >= 0.3 is 5.97 Å². The van der Waals surface area contributed by atoms with Gasteiger partial charge in [-0.15, -0.1) is 0 Å². The molecule has 4 nitrogen and oxygen atoms in total. The van der Waals surface area contributed by atoms with Gasteiger partial charge in [0, 0.05) is 18.5 Å². The van der Waals surface area contributed by atoms with E-state index in [1.807, 2.05) is 0 Å². The van der Waals surface area contributed by atoms with Gasteiger partial charge in [-0.05, 0) is 50.9 Å². The van der Waals surface area contributed by atoms with E-state index >= 15 is 0 Å². The number of carbonyl (C=O) groups excluding carboxylic acids is 1. The Morgan fingerprint density at radius 1 is 0.905 bits per heavy atom. The average molecular weight is 293 g/mol. The molecular weight excluding hydrogens is 266 g/mol. The fourth-order valence-electron chi connectivity index (χ4n) is 4.12. The predicted molar refractivity (Wildman–Crippen MR) is 79.8 cm³/mol. The smallest absolute Gasteiger partial charge is 0.306 e. The van der Waals surface area contributed by atoms with Gasteiger partial charge < -0.3 is 10.0 Å². The highest BCUT2D eigenvalue weighted by Crippen LogP contribution is 2.37. The van der Waals surface area contributed by atoms with Crippen molar-refractivity contribution in [2.24, 2.45) is 17.8 Å². The highest BCUT2D eigenvalue weighted by molar-refractivity contribution is 5.81. The minimum absolute atomic E-state index is 0.0321. The SMILES string of the molecule is O=C(O)[C@H]1CC[C@@H](C(=O)N(CC2CCCCC2)C2CC2)C1. The van der Waals surface area contributed by atoms with E-state index in [-0.39, 0.29) is 17.7 Å². The van der Waals surface area contributed by atoms with E-state index in [0.717, 1.165) is 25.8 Å². The molecule has 1 amide bonds. The molecule has 118 valence electrons. The third-order valence-corrected chi connectivity index (χ3v) is 5.58. The van der Waals surface area contributed by atoms with E-state index in [0.29, 0.717) is 24.8 Å². The molecule has 0 unspecified atom stereocenters. The summed E-state index contributed by atoms with van der Waals surface area (Å²) >= 11 is 0. The maximum Gasteiger partial charge on any atom is 0.306 e. The molecule has 0 aliphatic heterocycles. The topological polar surface area (TPSA) is 57.6 Å². The molecule has 0 saturated heterocycles. The quantitative estimate of drug-likeness (QED) is 0.847. The van der Waals surface area contributed by atoms with Gasteiger partial charge in [-0.3, -0.25) is 9.59 Å². The molecule has 3 rings (SSSR count). The van der Waals surface area contributed by atoms with Gasteiger partial charge in [0.05, 0.1) is 5.92 Å². The van der Waals surface area contributed by atoms with E-state index in [4.69, 9.17) is 5.11 Å². The van der Waals surface area contributed by atoms with Crippen LogP contribution in [0.1, 0.15) is 64.2 Å². The summed E-state index contributed by atoms with van der Waals surface area (Å²) in [6, 6.07) is 0.461. The normalized spacial score (nSPS) is 30.3. The van der Waals surface area contributed by atoms with Crippen LogP contribution in [0.4, 0.5) is 0 Å². The fourth-order valence-corrected chi connectivity index (χ4v) is 4.12. The molecule has 4 heteroatoms. The van der Waals surface area contributed by atoms with Crippen molar-refractivity contribution in [3.05, 3.63) is 0 Å². The molecule has 3 aliphatic carbocycles. The minimum Gasteiger partial charge on any atom is -0.481 e. The number of rotatable bonds is 5. The average Bonchev–Trinajstić information content (AvgIpc) is 3.20. The van der Waals surface area contributed by atoms with Crippen LogP contribution in [0.25, 0.3) is 0 Å². The zero-order valence-corrected chi connectivity index (χ0v) is 12.8. The Hall–Kier alpha value is -1.06. The molecular formula is C17H27NO3. The standard InChI is InChI=1S/C17H27NO3/c19-16(13-6-7-14(10-13)17(20)21)18(15-8-9-15)11-12-4-2-1-3-5-12/h12-15H,1-11H2,(H,20,21)/t13-,14+/m1/s1. The van der Waals surface area contributed by atoms with E-state index in [1.165, 1.54) is 32.1 Å². The van der Waals surface area contributed by atoms with E-state index in [1.54, 1.807) is 0 Å². The van der Waals surface area contributed by atoms with Crippen LogP contribution in [-0.4, -0.2) is 34.5 Å². The van der Waals surface area contributed by atoms with Crippen LogP contribution in [0.3, 0.4) is 0 Å². The largest absolute Gasteiger partial charge is 0.481 e. The van der Waals surface area contributed by atoms with E-state index in [9.17, 15) is 9.59 Å². The number of amides is 1. The van der Waals surface area contributed by atoms with Gasteiger partial charge in [-0.1, -0.05) is 19.3 Å². The molecule has 3 saturated carbocycles. The van der Waals surface area contributed by atoms with Crippen LogP contribution < -0.4 is 0 Å². The summed E-state index contributed by atoms with van der Waals surface area (Å²) < 4.78 is 0. The number of nitrogens with zero attached hydrogens (tertiary/aromatic N) is 1. The van der Waals surface area contributed by atoms with E-state index < -0.39 is 5.97 Å². The fraction of sp³-hybridized carbons (Fsp3) is 0.882. The van der Waals surface area contributed by atoms with Crippen molar-refractivity contribution < 1.29 is 14.7 Å². The first kappa shape index (κ1) is 14.9. The predicted octanol–water partition coefficient (Wildman–Crippen LogP) is 3.06. The van der Waals surface area contributed by atoms with Gasteiger partial charge in [0.2, 0.25) is 5.91 Å². The van der Waals surface area contributed by atoms with Crippen LogP contribution >= 0.6 is 0 Å². The van der Waals surface area contributed by atoms with Crippen LogP contribution in [0.15, 0.2) is 0 Å². The van der Waals surface area contributed by atoms with Crippen LogP contribution in [0.2, 0.25) is 0 Å². The molecule has 0 spiro atoms. The second-order valence-corrected chi connectivity index (χ2v) is 7.27. The first-order chi connectivity index (χ1) is 10.1. The number of carbonyl (C=O) groups is 2. The molecule has 0 heterocycles. The summed E-state index contributed by atoms with van der Waals surface area (Å²) in [5.74, 6) is -0.118. The van der Waals surface area contributed by atoms with Crippen molar-refractivity contribution in [1.29, 1.82) is 0 Å². The van der Waals surface area contributed by atoms with Crippen molar-refractivity contribution in [1.82, 2.24) is 4.90 Å². The maximum absolute atomic E-state index is 12.8. The lowest BCUT2D eigenvalue weighted by atomic mass is 9.88. The lowest BCUT2D eigenvalue weighted by Crippen LogP contribution is -2.41. The summed E-state index contributed by atoms with van der Waals surface area (Å²) in [6.45, 7) is 0.928. The minimum atomic E-state index is -0.726. The van der Waals surface area contributed by atoms with Gasteiger partial charge in [-0.2, -0.15) is 0 Å². The molecule has 0 radical (unpaired) electrons. The van der Waals surface area contributed by atoms with E-state index in [2.05, 4.69) is 4.90 Å². The Morgan fingerprint density at radius 2 is 1.57 bits per heavy atom. The van der Waals surface area contributed by atoms with Crippen molar-refractivity contribution in [3.63, 3.8) is 0 Å². The molecule has 0 aromatic rings. The number of carboxylic acid groups (broad SMARTS) is 1. The Morgan fingerprint density at radius 3 is 2.14 bits per heavy atom. The maximum atomic E-state index is 12.8. The molecule has 21 heavy (non-hydrogen) atoms. The van der Waals surface area contributed by atoms with Gasteiger partial charge in [-0.25, -0.2) is 0 Å². The van der Waals surface area contributed by atoms with Crippen LogP contribution in [0.5, 0.6) is 0 Å². The summed E-state index contributed by atoms with van der Waals surface area (Å²) in [5.41, 5.74) is 0. The highest BCUT2D eigenvalue weighted by Gasteiger charge is 2.41. The first-order valence-corrected chi connectivity index (χ1v) is 8.68. The Labute approximate surface area is 126 Å². The molecule has 0 aromatic carbocycles. The number of hydrogen-bond acceptors (Lipinski definition) is 2. The van der Waals surface area contributed by atoms with Crippen LogP contribution in [0, 0.1) is 17.8 Å².